The molecule has 0 radical (unpaired) electrons. The van der Waals surface area contributed by atoms with Gasteiger partial charge in [-0.25, -0.2) is 24.4 Å². The van der Waals surface area contributed by atoms with Gasteiger partial charge < -0.3 is 14.2 Å². The summed E-state index contributed by atoms with van der Waals surface area (Å²) in [5, 5.41) is 7.60. The van der Waals surface area contributed by atoms with Crippen LogP contribution in [0.25, 0.3) is 64.5 Å². The first-order valence-corrected chi connectivity index (χ1v) is 21.0. The Labute approximate surface area is 370 Å². The van der Waals surface area contributed by atoms with E-state index in [-0.39, 0.29) is 63.7 Å². The molecular weight excluding hydrogens is 921 g/mol. The molecular formula is C41H18Cl6N4O6S2. The Kier molecular flexibility index (Phi) is 10.3. The molecule has 0 saturated heterocycles. The highest BCUT2D eigenvalue weighted by Crippen LogP contribution is 2.50. The number of ether oxygens (including phenoxy) is 3. The van der Waals surface area contributed by atoms with Crippen molar-refractivity contribution in [3.63, 3.8) is 0 Å². The molecule has 0 aliphatic rings. The zero-order valence-corrected chi connectivity index (χ0v) is 35.9. The maximum Gasteiger partial charge on any atom is 0.344 e. The number of thiazole rings is 2. The molecule has 0 saturated carbocycles. The summed E-state index contributed by atoms with van der Waals surface area (Å²) in [7, 11) is 1.22. The van der Waals surface area contributed by atoms with Crippen LogP contribution in [0.4, 0.5) is 0 Å². The van der Waals surface area contributed by atoms with Crippen LogP contribution in [-0.2, 0) is 4.74 Å². The van der Waals surface area contributed by atoms with Crippen LogP contribution in [0.3, 0.4) is 0 Å². The van der Waals surface area contributed by atoms with Crippen molar-refractivity contribution in [2.75, 3.05) is 7.11 Å². The molecule has 0 amide bonds. The molecule has 0 atom stereocenters. The van der Waals surface area contributed by atoms with Crippen LogP contribution in [-0.4, -0.2) is 45.0 Å². The van der Waals surface area contributed by atoms with E-state index in [9.17, 15) is 14.4 Å². The summed E-state index contributed by atoms with van der Waals surface area (Å²) < 4.78 is 17.0. The first-order valence-electron chi connectivity index (χ1n) is 16.9. The number of pyridine rings is 2. The van der Waals surface area contributed by atoms with E-state index < -0.39 is 17.9 Å². The van der Waals surface area contributed by atoms with Crippen molar-refractivity contribution in [1.82, 2.24) is 19.9 Å². The Bertz CT molecular complexity index is 3210. The van der Waals surface area contributed by atoms with Gasteiger partial charge in [0.05, 0.1) is 54.9 Å². The molecule has 9 rings (SSSR count). The predicted octanol–water partition coefficient (Wildman–Crippen LogP) is 13.2. The number of fused-ring (bicyclic) bond motifs is 2. The van der Waals surface area contributed by atoms with Gasteiger partial charge in [0.1, 0.15) is 10.0 Å². The number of halogens is 6. The van der Waals surface area contributed by atoms with Gasteiger partial charge in [0.15, 0.2) is 11.5 Å². The van der Waals surface area contributed by atoms with E-state index in [0.29, 0.717) is 64.7 Å². The number of hydrogen-bond donors (Lipinski definition) is 0. The lowest BCUT2D eigenvalue weighted by Crippen LogP contribution is -2.14. The molecule has 0 spiro atoms. The van der Waals surface area contributed by atoms with Gasteiger partial charge in [-0.15, -0.1) is 22.7 Å². The number of benzene rings is 5. The molecule has 10 nitrogen and oxygen atoms in total. The lowest BCUT2D eigenvalue weighted by Gasteiger charge is -2.22. The Hall–Kier alpha value is -4.89. The van der Waals surface area contributed by atoms with Crippen LogP contribution >= 0.6 is 92.3 Å². The van der Waals surface area contributed by atoms with Gasteiger partial charge in [0, 0.05) is 89.0 Å². The van der Waals surface area contributed by atoms with Gasteiger partial charge in [-0.05, 0) is 48.9 Å². The maximum absolute atomic E-state index is 14.5. The van der Waals surface area contributed by atoms with E-state index in [0.717, 1.165) is 0 Å². The zero-order valence-electron chi connectivity index (χ0n) is 29.8. The van der Waals surface area contributed by atoms with Crippen molar-refractivity contribution in [1.29, 1.82) is 0 Å². The minimum Gasteiger partial charge on any atom is -0.465 e. The SMILES string of the molecule is COC(=O)c1cnc2c3c(-c4nccs4)cc(C(=O)Oc4c(Cl)cc(Cl)cc4Cl)c4c(C)cnc(c5c(-c6nccs6)cc(C(=O)Oc6c(Cl)cc(Cl)cc6Cl)c1c25)c43. The number of esters is 3. The normalized spacial score (nSPS) is 11.6. The first kappa shape index (κ1) is 39.6. The van der Waals surface area contributed by atoms with Crippen molar-refractivity contribution in [2.45, 2.75) is 6.92 Å². The van der Waals surface area contributed by atoms with Gasteiger partial charge in [-0.2, -0.15) is 0 Å². The molecule has 18 heteroatoms. The fourth-order valence-corrected chi connectivity index (χ4v) is 10.2. The number of aromatic nitrogens is 4. The molecule has 292 valence electrons. The third kappa shape index (κ3) is 6.59. The number of carbonyl (C=O) groups excluding carboxylic acids is 3. The van der Waals surface area contributed by atoms with E-state index >= 15 is 0 Å². The summed E-state index contributed by atoms with van der Waals surface area (Å²) in [6, 6.07) is 8.82. The number of nitrogens with zero attached hydrogens (tertiary/aromatic N) is 4. The quantitative estimate of drug-likeness (QED) is 0.0659. The van der Waals surface area contributed by atoms with Crippen LogP contribution in [0.5, 0.6) is 11.5 Å². The maximum atomic E-state index is 14.5. The smallest absolute Gasteiger partial charge is 0.344 e. The Morgan fingerprint density at radius 3 is 1.41 bits per heavy atom. The van der Waals surface area contributed by atoms with Crippen LogP contribution < -0.4 is 9.47 Å². The minimum absolute atomic E-state index is 0.0169. The first-order chi connectivity index (χ1) is 28.4. The Morgan fingerprint density at radius 2 is 0.966 bits per heavy atom. The largest absolute Gasteiger partial charge is 0.465 e. The Morgan fingerprint density at radius 1 is 0.525 bits per heavy atom. The summed E-state index contributed by atoms with van der Waals surface area (Å²) in [5.74, 6) is -2.68. The number of aryl methyl sites for hydroxylation is 1. The average molecular weight is 939 g/mol. The second-order valence-corrected chi connectivity index (χ2v) is 17.1. The molecule has 5 aromatic carbocycles. The lowest BCUT2D eigenvalue weighted by molar-refractivity contribution is 0.0602. The van der Waals surface area contributed by atoms with Gasteiger partial charge in [0.25, 0.3) is 0 Å². The molecule has 0 aliphatic carbocycles. The molecule has 4 aromatic heterocycles. The molecule has 0 N–H and O–H groups in total. The fraction of sp³-hybridized carbons (Fsp3) is 0.0488. The zero-order chi connectivity index (χ0) is 41.4. The topological polar surface area (TPSA) is 130 Å². The van der Waals surface area contributed by atoms with Crippen molar-refractivity contribution >= 4 is 154 Å². The van der Waals surface area contributed by atoms with E-state index in [4.69, 9.17) is 93.8 Å². The molecule has 59 heavy (non-hydrogen) atoms. The molecule has 0 bridgehead atoms. The van der Waals surface area contributed by atoms with Gasteiger partial charge in [0.2, 0.25) is 0 Å². The van der Waals surface area contributed by atoms with Gasteiger partial charge in [-0.1, -0.05) is 69.6 Å². The van der Waals surface area contributed by atoms with Crippen LogP contribution in [0.1, 0.15) is 36.6 Å². The van der Waals surface area contributed by atoms with Crippen molar-refractivity contribution < 1.29 is 28.6 Å². The number of methoxy groups -OCH3 is 1. The second-order valence-electron chi connectivity index (χ2n) is 12.8. The van der Waals surface area contributed by atoms with E-state index in [1.165, 1.54) is 60.2 Å². The lowest BCUT2D eigenvalue weighted by atomic mass is 9.85. The predicted molar refractivity (Wildman–Crippen MR) is 234 cm³/mol. The van der Waals surface area contributed by atoms with Gasteiger partial charge in [-0.3, -0.25) is 9.97 Å². The van der Waals surface area contributed by atoms with Gasteiger partial charge >= 0.3 is 17.9 Å². The Balaban J connectivity index is 1.45. The van der Waals surface area contributed by atoms with Crippen molar-refractivity contribution in [3.8, 4) is 32.6 Å². The minimum atomic E-state index is -0.909. The molecule has 4 heterocycles. The molecule has 0 aliphatic heterocycles. The summed E-state index contributed by atoms with van der Waals surface area (Å²) in [6.45, 7) is 1.81. The summed E-state index contributed by atoms with van der Waals surface area (Å²) >= 11 is 40.8. The highest BCUT2D eigenvalue weighted by Gasteiger charge is 2.32. The molecule has 9 aromatic rings. The van der Waals surface area contributed by atoms with Crippen molar-refractivity contribution in [3.05, 3.63) is 124 Å². The molecule has 0 fully saturated rings. The standard InChI is InChI=1S/C41H18Cl6N4O6S2/c1-15-13-50-33-30-19(38-49-4-6-59-38)12-21(41(54)57-36-25(46)9-17(43)10-26(36)47)28-22(39(52)55-2)14-51-34(32(28)30)29-18(37-48-3-5-58-37)11-20(27(15)31(29)33)40(53)56-35-23(44)7-16(42)8-24(35)45/h3-14H,1-2H3. The second kappa shape index (κ2) is 15.3. The average Bonchev–Trinajstić information content (AvgIpc) is 3.95. The third-order valence-corrected chi connectivity index (χ3v) is 12.6. The number of rotatable bonds is 7. The van der Waals surface area contributed by atoms with Crippen molar-refractivity contribution in [2.24, 2.45) is 0 Å². The van der Waals surface area contributed by atoms with E-state index in [2.05, 4.69) is 9.97 Å². The monoisotopic (exact) mass is 936 g/mol. The highest BCUT2D eigenvalue weighted by molar-refractivity contribution is 7.13. The number of hydrogen-bond acceptors (Lipinski definition) is 12. The fourth-order valence-electron chi connectivity index (χ4n) is 7.13. The molecule has 0 unspecified atom stereocenters. The number of carbonyl (C=O) groups is 3. The summed E-state index contributed by atoms with van der Waals surface area (Å²) in [6.07, 6.45) is 6.19. The summed E-state index contributed by atoms with van der Waals surface area (Å²) in [5.41, 5.74) is 2.34. The van der Waals surface area contributed by atoms with Crippen LogP contribution in [0, 0.1) is 6.92 Å². The van der Waals surface area contributed by atoms with Crippen LogP contribution in [0.15, 0.2) is 71.9 Å². The van der Waals surface area contributed by atoms with E-state index in [1.54, 1.807) is 41.5 Å². The van der Waals surface area contributed by atoms with Crippen LogP contribution in [0.2, 0.25) is 30.1 Å². The highest BCUT2D eigenvalue weighted by atomic mass is 35.5. The summed E-state index contributed by atoms with van der Waals surface area (Å²) in [4.78, 5) is 61.7. The van der Waals surface area contributed by atoms with E-state index in [1.807, 2.05) is 6.92 Å². The third-order valence-electron chi connectivity index (χ3n) is 9.46.